The number of hydrogen-bond donors (Lipinski definition) is 2. The predicted octanol–water partition coefficient (Wildman–Crippen LogP) is 2.36. The summed E-state index contributed by atoms with van der Waals surface area (Å²) in [7, 11) is 0. The molecule has 1 atom stereocenters. The highest BCUT2D eigenvalue weighted by atomic mass is 16.6. The van der Waals surface area contributed by atoms with Gasteiger partial charge in [0.1, 0.15) is 18.3 Å². The molecule has 136 valence electrons. The van der Waals surface area contributed by atoms with Crippen molar-refractivity contribution in [3.63, 3.8) is 0 Å². The molecule has 26 heavy (non-hydrogen) atoms. The van der Waals surface area contributed by atoms with Crippen molar-refractivity contribution in [2.75, 3.05) is 13.2 Å². The van der Waals surface area contributed by atoms with Gasteiger partial charge in [0.2, 0.25) is 0 Å². The highest BCUT2D eigenvalue weighted by Crippen LogP contribution is 2.31. The van der Waals surface area contributed by atoms with Crippen LogP contribution in [0.2, 0.25) is 0 Å². The fourth-order valence-corrected chi connectivity index (χ4v) is 2.38. The van der Waals surface area contributed by atoms with Crippen LogP contribution in [0.25, 0.3) is 0 Å². The third kappa shape index (κ3) is 4.80. The molecule has 0 bridgehead atoms. The Bertz CT molecular complexity index is 838. The van der Waals surface area contributed by atoms with Crippen LogP contribution < -0.4 is 14.8 Å². The van der Waals surface area contributed by atoms with Gasteiger partial charge in [0, 0.05) is 13.0 Å². The van der Waals surface area contributed by atoms with Crippen molar-refractivity contribution in [2.45, 2.75) is 32.0 Å². The van der Waals surface area contributed by atoms with Gasteiger partial charge in [-0.3, -0.25) is 4.79 Å². The molecular weight excluding hydrogens is 334 g/mol. The summed E-state index contributed by atoms with van der Waals surface area (Å²) in [6.45, 7) is 4.03. The first-order valence-electron chi connectivity index (χ1n) is 8.43. The molecule has 1 aliphatic heterocycles. The van der Waals surface area contributed by atoms with Crippen LogP contribution in [0, 0.1) is 11.8 Å². The van der Waals surface area contributed by atoms with Gasteiger partial charge >= 0.3 is 0 Å². The van der Waals surface area contributed by atoms with Gasteiger partial charge in [0.15, 0.2) is 23.0 Å². The Balaban J connectivity index is 1.48. The zero-order chi connectivity index (χ0) is 18.6. The van der Waals surface area contributed by atoms with Gasteiger partial charge in [-0.1, -0.05) is 18.1 Å². The highest BCUT2D eigenvalue weighted by molar-refractivity contribution is 5.91. The summed E-state index contributed by atoms with van der Waals surface area (Å²) >= 11 is 0. The highest BCUT2D eigenvalue weighted by Gasteiger charge is 2.20. The Labute approximate surface area is 152 Å². The summed E-state index contributed by atoms with van der Waals surface area (Å²) in [5.74, 6) is 6.97. The SMILES string of the molecule is CC(C)(O)C#Cc1ccc(C(=O)NCC[C@H]2COc3ccccc3O2)o1. The Morgan fingerprint density at radius 2 is 2.04 bits per heavy atom. The molecule has 6 nitrogen and oxygen atoms in total. The molecule has 1 aromatic carbocycles. The second-order valence-corrected chi connectivity index (χ2v) is 6.52. The van der Waals surface area contributed by atoms with Gasteiger partial charge in [-0.25, -0.2) is 0 Å². The van der Waals surface area contributed by atoms with Crippen molar-refractivity contribution >= 4 is 5.91 Å². The number of amides is 1. The zero-order valence-electron chi connectivity index (χ0n) is 14.7. The van der Waals surface area contributed by atoms with Gasteiger partial charge < -0.3 is 24.3 Å². The molecule has 0 unspecified atom stereocenters. The first kappa shape index (κ1) is 17.9. The largest absolute Gasteiger partial charge is 0.486 e. The van der Waals surface area contributed by atoms with E-state index < -0.39 is 5.60 Å². The van der Waals surface area contributed by atoms with E-state index in [0.717, 1.165) is 11.5 Å². The van der Waals surface area contributed by atoms with Crippen molar-refractivity contribution < 1.29 is 23.8 Å². The van der Waals surface area contributed by atoms with Crippen LogP contribution in [0.3, 0.4) is 0 Å². The van der Waals surface area contributed by atoms with E-state index in [-0.39, 0.29) is 17.8 Å². The van der Waals surface area contributed by atoms with Crippen molar-refractivity contribution in [2.24, 2.45) is 0 Å². The van der Waals surface area contributed by atoms with Crippen molar-refractivity contribution in [3.05, 3.63) is 47.9 Å². The van der Waals surface area contributed by atoms with Gasteiger partial charge in [0.25, 0.3) is 5.91 Å². The van der Waals surface area contributed by atoms with E-state index in [2.05, 4.69) is 17.2 Å². The Morgan fingerprint density at radius 3 is 2.81 bits per heavy atom. The molecule has 6 heteroatoms. The Kier molecular flexibility index (Phi) is 5.19. The van der Waals surface area contributed by atoms with Crippen molar-refractivity contribution in [1.29, 1.82) is 0 Å². The van der Waals surface area contributed by atoms with Gasteiger partial charge in [-0.2, -0.15) is 0 Å². The number of fused-ring (bicyclic) bond motifs is 1. The van der Waals surface area contributed by atoms with Crippen LogP contribution in [0.5, 0.6) is 11.5 Å². The topological polar surface area (TPSA) is 80.9 Å². The van der Waals surface area contributed by atoms with Gasteiger partial charge in [-0.05, 0) is 44.0 Å². The molecule has 0 fully saturated rings. The lowest BCUT2D eigenvalue weighted by Gasteiger charge is -2.26. The fraction of sp³-hybridized carbons (Fsp3) is 0.350. The maximum atomic E-state index is 12.1. The molecule has 2 aromatic rings. The zero-order valence-corrected chi connectivity index (χ0v) is 14.7. The van der Waals surface area contributed by atoms with Crippen molar-refractivity contribution in [1.82, 2.24) is 5.32 Å². The summed E-state index contributed by atoms with van der Waals surface area (Å²) in [6.07, 6.45) is 0.501. The van der Waals surface area contributed by atoms with E-state index in [4.69, 9.17) is 13.9 Å². The minimum Gasteiger partial charge on any atom is -0.486 e. The van der Waals surface area contributed by atoms with Crippen LogP contribution in [0.1, 0.15) is 36.6 Å². The number of furan rings is 1. The molecule has 1 aromatic heterocycles. The van der Waals surface area contributed by atoms with Gasteiger partial charge in [-0.15, -0.1) is 0 Å². The monoisotopic (exact) mass is 355 g/mol. The third-order valence-corrected chi connectivity index (χ3v) is 3.64. The summed E-state index contributed by atoms with van der Waals surface area (Å²) in [4.78, 5) is 12.1. The molecule has 1 aliphatic rings. The maximum Gasteiger partial charge on any atom is 0.287 e. The minimum absolute atomic E-state index is 0.116. The number of nitrogens with one attached hydrogen (secondary N) is 1. The lowest BCUT2D eigenvalue weighted by Crippen LogP contribution is -2.34. The number of carbonyl (C=O) groups is 1. The number of rotatable bonds is 4. The van der Waals surface area contributed by atoms with E-state index in [0.29, 0.717) is 25.3 Å². The average molecular weight is 355 g/mol. The van der Waals surface area contributed by atoms with E-state index in [1.165, 1.54) is 0 Å². The van der Waals surface area contributed by atoms with E-state index >= 15 is 0 Å². The van der Waals surface area contributed by atoms with E-state index in [9.17, 15) is 9.90 Å². The van der Waals surface area contributed by atoms with Crippen LogP contribution in [0.4, 0.5) is 0 Å². The van der Waals surface area contributed by atoms with E-state index in [1.54, 1.807) is 26.0 Å². The lowest BCUT2D eigenvalue weighted by molar-refractivity contribution is 0.0804. The third-order valence-electron chi connectivity index (χ3n) is 3.64. The number of aliphatic hydroxyl groups is 1. The quantitative estimate of drug-likeness (QED) is 0.823. The number of carbonyl (C=O) groups excluding carboxylic acids is 1. The predicted molar refractivity (Wildman–Crippen MR) is 95.2 cm³/mol. The molecule has 2 heterocycles. The molecule has 1 amide bonds. The maximum absolute atomic E-state index is 12.1. The lowest BCUT2D eigenvalue weighted by atomic mass is 10.1. The molecule has 0 spiro atoms. The second kappa shape index (κ2) is 7.54. The summed E-state index contributed by atoms with van der Waals surface area (Å²) < 4.78 is 16.9. The summed E-state index contributed by atoms with van der Waals surface area (Å²) in [5.41, 5.74) is -1.12. The Morgan fingerprint density at radius 1 is 1.27 bits per heavy atom. The van der Waals surface area contributed by atoms with Gasteiger partial charge in [0.05, 0.1) is 0 Å². The van der Waals surface area contributed by atoms with Crippen LogP contribution >= 0.6 is 0 Å². The molecule has 0 saturated heterocycles. The molecule has 0 aliphatic carbocycles. The second-order valence-electron chi connectivity index (χ2n) is 6.52. The molecule has 0 radical (unpaired) electrons. The first-order chi connectivity index (χ1) is 12.4. The number of para-hydroxylation sites is 2. The standard InChI is InChI=1S/C20H21NO5/c1-20(2,23)11-9-14-7-8-18(25-14)19(22)21-12-10-15-13-24-16-5-3-4-6-17(16)26-15/h3-8,15,23H,10,12-13H2,1-2H3,(H,21,22)/t15-/m0/s1. The summed E-state index contributed by atoms with van der Waals surface area (Å²) in [6, 6.07) is 10.7. The normalized spacial score (nSPS) is 15.7. The van der Waals surface area contributed by atoms with E-state index in [1.807, 2.05) is 24.3 Å². The molecule has 2 N–H and O–H groups in total. The average Bonchev–Trinajstić information content (AvgIpc) is 3.08. The van der Waals surface area contributed by atoms with Crippen LogP contribution in [-0.2, 0) is 0 Å². The van der Waals surface area contributed by atoms with Crippen LogP contribution in [-0.4, -0.2) is 35.9 Å². The smallest absolute Gasteiger partial charge is 0.287 e. The molecular formula is C20H21NO5. The first-order valence-corrected chi connectivity index (χ1v) is 8.43. The number of benzene rings is 1. The van der Waals surface area contributed by atoms with Crippen molar-refractivity contribution in [3.8, 4) is 23.3 Å². The molecule has 0 saturated carbocycles. The minimum atomic E-state index is -1.12. The number of hydrogen-bond acceptors (Lipinski definition) is 5. The Hall–Kier alpha value is -2.91. The summed E-state index contributed by atoms with van der Waals surface area (Å²) in [5, 5.41) is 12.4. The molecule has 3 rings (SSSR count). The fourth-order valence-electron chi connectivity index (χ4n) is 2.38. The van der Waals surface area contributed by atoms with Crippen LogP contribution in [0.15, 0.2) is 40.8 Å². The number of ether oxygens (including phenoxy) is 2.